The van der Waals surface area contributed by atoms with Crippen LogP contribution >= 0.6 is 11.8 Å². The second kappa shape index (κ2) is 6.84. The number of anilines is 1. The van der Waals surface area contributed by atoms with Crippen LogP contribution in [-0.2, 0) is 11.2 Å². The summed E-state index contributed by atoms with van der Waals surface area (Å²) in [7, 11) is 0. The van der Waals surface area contributed by atoms with Gasteiger partial charge in [0.2, 0.25) is 5.91 Å². The Balaban J connectivity index is 1.54. The summed E-state index contributed by atoms with van der Waals surface area (Å²) in [6, 6.07) is 11.7. The minimum atomic E-state index is -0.0633. The van der Waals surface area contributed by atoms with Gasteiger partial charge >= 0.3 is 0 Å². The monoisotopic (exact) mass is 366 g/mol. The van der Waals surface area contributed by atoms with E-state index in [0.717, 1.165) is 40.1 Å². The second-order valence-electron chi connectivity index (χ2n) is 5.93. The van der Waals surface area contributed by atoms with Gasteiger partial charge in [0.1, 0.15) is 10.9 Å². The van der Waals surface area contributed by atoms with Crippen molar-refractivity contribution in [1.82, 2.24) is 14.6 Å². The summed E-state index contributed by atoms with van der Waals surface area (Å²) in [4.78, 5) is 12.4. The Hall–Kier alpha value is -2.80. The number of benzene rings is 1. The second-order valence-corrected chi connectivity index (χ2v) is 6.90. The first kappa shape index (κ1) is 16.7. The Labute approximate surface area is 154 Å². The molecule has 0 fully saturated rings. The SMILES string of the molecule is CCc1ccccc1NC(=O)CSc1nnc(C)n2c1cc1occc12. The first-order valence-corrected chi connectivity index (χ1v) is 9.38. The standard InChI is InChI=1S/C19H18N4O2S/c1-3-13-6-4-5-7-14(13)20-18(24)11-26-19-16-10-17-15(8-9-25-17)23(16)12(2)21-22-19/h4-10H,3,11H2,1-2H3,(H,20,24). The third-order valence-electron chi connectivity index (χ3n) is 4.26. The van der Waals surface area contributed by atoms with Crippen LogP contribution in [0.2, 0.25) is 0 Å². The highest BCUT2D eigenvalue weighted by atomic mass is 32.2. The molecule has 6 nitrogen and oxygen atoms in total. The van der Waals surface area contributed by atoms with Crippen molar-refractivity contribution in [3.63, 3.8) is 0 Å². The maximum Gasteiger partial charge on any atom is 0.234 e. The molecule has 4 aromatic rings. The number of hydrogen-bond acceptors (Lipinski definition) is 5. The van der Waals surface area contributed by atoms with E-state index in [0.29, 0.717) is 5.03 Å². The van der Waals surface area contributed by atoms with Gasteiger partial charge in [0.25, 0.3) is 0 Å². The number of aryl methyl sites for hydroxylation is 2. The third-order valence-corrected chi connectivity index (χ3v) is 5.23. The number of thioether (sulfide) groups is 1. The average Bonchev–Trinajstić information content (AvgIpc) is 3.23. The zero-order chi connectivity index (χ0) is 18.1. The molecule has 1 N–H and O–H groups in total. The maximum atomic E-state index is 12.4. The van der Waals surface area contributed by atoms with Crippen molar-refractivity contribution in [3.8, 4) is 0 Å². The summed E-state index contributed by atoms with van der Waals surface area (Å²) in [6.45, 7) is 3.97. The molecule has 0 unspecified atom stereocenters. The zero-order valence-corrected chi connectivity index (χ0v) is 15.3. The van der Waals surface area contributed by atoms with Crippen molar-refractivity contribution in [2.45, 2.75) is 25.3 Å². The smallest absolute Gasteiger partial charge is 0.234 e. The fourth-order valence-electron chi connectivity index (χ4n) is 3.02. The van der Waals surface area contributed by atoms with Gasteiger partial charge in [-0.2, -0.15) is 0 Å². The zero-order valence-electron chi connectivity index (χ0n) is 14.5. The van der Waals surface area contributed by atoms with Crippen molar-refractivity contribution >= 4 is 40.0 Å². The van der Waals surface area contributed by atoms with E-state index in [4.69, 9.17) is 4.42 Å². The predicted octanol–water partition coefficient (Wildman–Crippen LogP) is 4.08. The van der Waals surface area contributed by atoms with Gasteiger partial charge in [-0.3, -0.25) is 9.20 Å². The number of para-hydroxylation sites is 1. The summed E-state index contributed by atoms with van der Waals surface area (Å²) >= 11 is 1.37. The number of amides is 1. The number of nitrogens with zero attached hydrogens (tertiary/aromatic N) is 3. The number of carbonyl (C=O) groups excluding carboxylic acids is 1. The van der Waals surface area contributed by atoms with Gasteiger partial charge in [-0.15, -0.1) is 10.2 Å². The summed E-state index contributed by atoms with van der Waals surface area (Å²) < 4.78 is 7.48. The van der Waals surface area contributed by atoms with Gasteiger partial charge in [0.15, 0.2) is 5.58 Å². The Bertz CT molecular complexity index is 1100. The van der Waals surface area contributed by atoms with Crippen molar-refractivity contribution < 1.29 is 9.21 Å². The molecule has 0 aliphatic heterocycles. The summed E-state index contributed by atoms with van der Waals surface area (Å²) in [5, 5.41) is 12.2. The summed E-state index contributed by atoms with van der Waals surface area (Å²) in [6.07, 6.45) is 2.53. The van der Waals surface area contributed by atoms with Crippen molar-refractivity contribution in [3.05, 3.63) is 54.0 Å². The van der Waals surface area contributed by atoms with Crippen molar-refractivity contribution in [2.24, 2.45) is 0 Å². The Kier molecular flexibility index (Phi) is 4.38. The molecule has 3 aromatic heterocycles. The molecule has 132 valence electrons. The van der Waals surface area contributed by atoms with E-state index in [9.17, 15) is 4.79 Å². The molecule has 0 spiro atoms. The quantitative estimate of drug-likeness (QED) is 0.539. The normalized spacial score (nSPS) is 11.3. The lowest BCUT2D eigenvalue weighted by molar-refractivity contribution is -0.113. The van der Waals surface area contributed by atoms with E-state index in [2.05, 4.69) is 22.4 Å². The number of hydrogen-bond donors (Lipinski definition) is 1. The molecule has 1 amide bonds. The molecule has 7 heteroatoms. The Morgan fingerprint density at radius 2 is 2.08 bits per heavy atom. The molecule has 4 rings (SSSR count). The molecule has 1 aromatic carbocycles. The highest BCUT2D eigenvalue weighted by molar-refractivity contribution is 8.00. The van der Waals surface area contributed by atoms with E-state index in [1.165, 1.54) is 11.8 Å². The molecule has 0 atom stereocenters. The van der Waals surface area contributed by atoms with E-state index < -0.39 is 0 Å². The minimum Gasteiger partial charge on any atom is -0.463 e. The van der Waals surface area contributed by atoms with Gasteiger partial charge in [0.05, 0.1) is 23.0 Å². The fourth-order valence-corrected chi connectivity index (χ4v) is 3.76. The molecular formula is C19H18N4O2S. The molecule has 3 heterocycles. The first-order chi connectivity index (χ1) is 12.7. The van der Waals surface area contributed by atoms with E-state index in [-0.39, 0.29) is 11.7 Å². The van der Waals surface area contributed by atoms with Crippen LogP contribution in [0.25, 0.3) is 16.6 Å². The molecular weight excluding hydrogens is 348 g/mol. The summed E-state index contributed by atoms with van der Waals surface area (Å²) in [5.74, 6) is 0.978. The topological polar surface area (TPSA) is 72.4 Å². The van der Waals surface area contributed by atoms with Crippen molar-refractivity contribution in [1.29, 1.82) is 0 Å². The number of furan rings is 1. The number of nitrogens with one attached hydrogen (secondary N) is 1. The number of aromatic nitrogens is 3. The molecule has 0 saturated heterocycles. The molecule has 0 radical (unpaired) electrons. The lowest BCUT2D eigenvalue weighted by Gasteiger charge is -2.09. The van der Waals surface area contributed by atoms with Gasteiger partial charge in [0, 0.05) is 17.8 Å². The van der Waals surface area contributed by atoms with Gasteiger partial charge < -0.3 is 9.73 Å². The van der Waals surface area contributed by atoms with Crippen LogP contribution in [0.4, 0.5) is 5.69 Å². The van der Waals surface area contributed by atoms with E-state index in [1.807, 2.05) is 47.7 Å². The van der Waals surface area contributed by atoms with E-state index in [1.54, 1.807) is 6.26 Å². The fraction of sp³-hybridized carbons (Fsp3) is 0.211. The van der Waals surface area contributed by atoms with Gasteiger partial charge in [-0.1, -0.05) is 36.9 Å². The summed E-state index contributed by atoms with van der Waals surface area (Å²) in [5.41, 5.74) is 4.62. The highest BCUT2D eigenvalue weighted by Gasteiger charge is 2.15. The average molecular weight is 366 g/mol. The van der Waals surface area contributed by atoms with Crippen LogP contribution in [0.3, 0.4) is 0 Å². The lowest BCUT2D eigenvalue weighted by Crippen LogP contribution is -2.15. The van der Waals surface area contributed by atoms with Crippen LogP contribution in [0, 0.1) is 6.92 Å². The Morgan fingerprint density at radius 1 is 1.23 bits per heavy atom. The largest absolute Gasteiger partial charge is 0.463 e. The highest BCUT2D eigenvalue weighted by Crippen LogP contribution is 2.28. The van der Waals surface area contributed by atoms with Crippen molar-refractivity contribution in [2.75, 3.05) is 11.1 Å². The minimum absolute atomic E-state index is 0.0633. The number of carbonyl (C=O) groups is 1. The molecule has 0 bridgehead atoms. The Morgan fingerprint density at radius 3 is 2.92 bits per heavy atom. The first-order valence-electron chi connectivity index (χ1n) is 8.40. The van der Waals surface area contributed by atoms with Gasteiger partial charge in [-0.25, -0.2) is 0 Å². The lowest BCUT2D eigenvalue weighted by atomic mass is 10.1. The van der Waals surface area contributed by atoms with E-state index >= 15 is 0 Å². The molecule has 0 saturated carbocycles. The number of rotatable bonds is 5. The van der Waals surface area contributed by atoms with Crippen LogP contribution in [-0.4, -0.2) is 26.3 Å². The predicted molar refractivity (Wildman–Crippen MR) is 103 cm³/mol. The van der Waals surface area contributed by atoms with Gasteiger partial charge in [-0.05, 0) is 25.0 Å². The third kappa shape index (κ3) is 2.94. The van der Waals surface area contributed by atoms with Crippen LogP contribution in [0.1, 0.15) is 18.3 Å². The van der Waals surface area contributed by atoms with Crippen LogP contribution in [0.15, 0.2) is 52.1 Å². The maximum absolute atomic E-state index is 12.4. The molecule has 0 aliphatic rings. The van der Waals surface area contributed by atoms with Crippen LogP contribution in [0.5, 0.6) is 0 Å². The molecule has 0 aliphatic carbocycles. The molecule has 26 heavy (non-hydrogen) atoms. The van der Waals surface area contributed by atoms with Crippen LogP contribution < -0.4 is 5.32 Å². The number of fused-ring (bicyclic) bond motifs is 3.